The van der Waals surface area contributed by atoms with E-state index < -0.39 is 11.7 Å². The highest BCUT2D eigenvalue weighted by molar-refractivity contribution is 5.67. The van der Waals surface area contributed by atoms with Crippen LogP contribution in [0.25, 0.3) is 11.1 Å². The molecule has 3 aromatic rings. The van der Waals surface area contributed by atoms with Crippen LogP contribution < -0.4 is 10.6 Å². The second-order valence-corrected chi connectivity index (χ2v) is 7.78. The van der Waals surface area contributed by atoms with Gasteiger partial charge in [0.15, 0.2) is 0 Å². The van der Waals surface area contributed by atoms with Gasteiger partial charge >= 0.3 is 6.18 Å². The van der Waals surface area contributed by atoms with Gasteiger partial charge in [0.2, 0.25) is 5.95 Å². The van der Waals surface area contributed by atoms with Crippen LogP contribution >= 0.6 is 0 Å². The first-order valence-corrected chi connectivity index (χ1v) is 10.3. The van der Waals surface area contributed by atoms with Crippen LogP contribution in [0.4, 0.5) is 24.8 Å². The molecule has 4 rings (SSSR count). The zero-order chi connectivity index (χ0) is 22.7. The van der Waals surface area contributed by atoms with Crippen molar-refractivity contribution < 1.29 is 13.2 Å². The van der Waals surface area contributed by atoms with Gasteiger partial charge in [0, 0.05) is 35.6 Å². The summed E-state index contributed by atoms with van der Waals surface area (Å²) in [6.45, 7) is 7.56. The maximum atomic E-state index is 13.0. The third-order valence-electron chi connectivity index (χ3n) is 5.15. The first-order valence-electron chi connectivity index (χ1n) is 10.3. The van der Waals surface area contributed by atoms with Crippen molar-refractivity contribution in [1.29, 1.82) is 0 Å². The predicted octanol–water partition coefficient (Wildman–Crippen LogP) is 6.44. The molecule has 1 aromatic heterocycles. The Bertz CT molecular complexity index is 1130. The van der Waals surface area contributed by atoms with Crippen LogP contribution in [0.1, 0.15) is 29.7 Å². The van der Waals surface area contributed by atoms with Gasteiger partial charge in [-0.05, 0) is 54.3 Å². The smallest absolute Gasteiger partial charge is 0.356 e. The van der Waals surface area contributed by atoms with Crippen molar-refractivity contribution in [2.45, 2.75) is 31.5 Å². The zero-order valence-corrected chi connectivity index (χ0v) is 17.4. The topological polar surface area (TPSA) is 49.8 Å². The fourth-order valence-corrected chi connectivity index (χ4v) is 3.30. The van der Waals surface area contributed by atoms with Gasteiger partial charge in [0.25, 0.3) is 0 Å². The van der Waals surface area contributed by atoms with Crippen molar-refractivity contribution in [2.24, 2.45) is 0 Å². The molecule has 2 N–H and O–H groups in total. The van der Waals surface area contributed by atoms with E-state index in [1.807, 2.05) is 24.3 Å². The number of alkyl halides is 3. The minimum Gasteiger partial charge on any atom is -0.356 e. The molecule has 0 spiro atoms. The van der Waals surface area contributed by atoms with Crippen molar-refractivity contribution in [3.8, 4) is 11.1 Å². The lowest BCUT2D eigenvalue weighted by Crippen LogP contribution is -2.08. The predicted molar refractivity (Wildman–Crippen MR) is 121 cm³/mol. The molecule has 1 fully saturated rings. The second-order valence-electron chi connectivity index (χ2n) is 7.78. The van der Waals surface area contributed by atoms with Crippen molar-refractivity contribution in [3.63, 3.8) is 0 Å². The molecule has 0 radical (unpaired) electrons. The second kappa shape index (κ2) is 8.86. The normalized spacial score (nSPS) is 13.5. The Morgan fingerprint density at radius 1 is 1.12 bits per heavy atom. The summed E-state index contributed by atoms with van der Waals surface area (Å²) in [5.74, 6) is 0.535. The first-order chi connectivity index (χ1) is 15.3. The van der Waals surface area contributed by atoms with Gasteiger partial charge < -0.3 is 10.6 Å². The van der Waals surface area contributed by atoms with Crippen LogP contribution in [0.3, 0.4) is 0 Å². The third kappa shape index (κ3) is 5.35. The van der Waals surface area contributed by atoms with E-state index in [2.05, 4.69) is 28.8 Å². The summed E-state index contributed by atoms with van der Waals surface area (Å²) in [7, 11) is 0. The van der Waals surface area contributed by atoms with Gasteiger partial charge in [-0.3, -0.25) is 0 Å². The van der Waals surface area contributed by atoms with Crippen molar-refractivity contribution in [2.75, 3.05) is 10.6 Å². The van der Waals surface area contributed by atoms with Crippen LogP contribution in [0.5, 0.6) is 0 Å². The monoisotopic (exact) mass is 436 g/mol. The molecule has 1 saturated carbocycles. The van der Waals surface area contributed by atoms with Crippen molar-refractivity contribution in [3.05, 3.63) is 96.5 Å². The maximum absolute atomic E-state index is 13.0. The molecule has 7 heteroatoms. The molecule has 0 aliphatic heterocycles. The summed E-state index contributed by atoms with van der Waals surface area (Å²) < 4.78 is 38.9. The molecular formula is C25H23F3N4. The van der Waals surface area contributed by atoms with Gasteiger partial charge in [0.05, 0.1) is 11.3 Å². The lowest BCUT2D eigenvalue weighted by atomic mass is 9.99. The van der Waals surface area contributed by atoms with E-state index in [9.17, 15) is 13.2 Å². The SMILES string of the molecule is C=CC(=C)Nc1cccc(Cc2nc(NC3CC3)ncc2-c2ccc(C(F)(F)F)cc2)c1. The number of halogens is 3. The summed E-state index contributed by atoms with van der Waals surface area (Å²) in [5.41, 5.74) is 3.95. The highest BCUT2D eigenvalue weighted by atomic mass is 19.4. The van der Waals surface area contributed by atoms with Crippen LogP contribution in [0.15, 0.2) is 79.7 Å². The molecule has 2 aromatic carbocycles. The molecule has 0 amide bonds. The number of hydrogen-bond acceptors (Lipinski definition) is 4. The summed E-state index contributed by atoms with van der Waals surface area (Å²) in [5, 5.41) is 6.45. The van der Waals surface area contributed by atoms with Crippen LogP contribution in [-0.2, 0) is 12.6 Å². The largest absolute Gasteiger partial charge is 0.416 e. The van der Waals surface area contributed by atoms with Crippen LogP contribution in [0.2, 0.25) is 0 Å². The number of hydrogen-bond donors (Lipinski definition) is 2. The van der Waals surface area contributed by atoms with E-state index in [0.29, 0.717) is 35.2 Å². The molecule has 1 heterocycles. The Morgan fingerprint density at radius 2 is 1.88 bits per heavy atom. The number of anilines is 2. The first kappa shape index (κ1) is 21.6. The molecule has 164 valence electrons. The number of rotatable bonds is 8. The fraction of sp³-hybridized carbons (Fsp3) is 0.200. The van der Waals surface area contributed by atoms with E-state index in [1.165, 1.54) is 12.1 Å². The molecule has 1 aliphatic rings. The average molecular weight is 436 g/mol. The number of nitrogens with zero attached hydrogens (tertiary/aromatic N) is 2. The summed E-state index contributed by atoms with van der Waals surface area (Å²) in [4.78, 5) is 9.10. The summed E-state index contributed by atoms with van der Waals surface area (Å²) in [6, 6.07) is 13.3. The third-order valence-corrected chi connectivity index (χ3v) is 5.15. The number of benzene rings is 2. The van der Waals surface area contributed by atoms with E-state index in [1.54, 1.807) is 12.3 Å². The Balaban J connectivity index is 1.67. The number of allylic oxidation sites excluding steroid dienone is 1. The molecular weight excluding hydrogens is 413 g/mol. The maximum Gasteiger partial charge on any atom is 0.416 e. The highest BCUT2D eigenvalue weighted by Crippen LogP contribution is 2.32. The number of nitrogens with one attached hydrogen (secondary N) is 2. The fourth-order valence-electron chi connectivity index (χ4n) is 3.30. The van der Waals surface area contributed by atoms with Gasteiger partial charge in [-0.1, -0.05) is 37.4 Å². The van der Waals surface area contributed by atoms with Crippen molar-refractivity contribution >= 4 is 11.6 Å². The molecule has 0 atom stereocenters. The standard InChI is InChI=1S/C25H23F3N4/c1-3-16(2)30-21-6-4-5-17(13-21)14-23-22(15-29-24(32-23)31-20-11-12-20)18-7-9-19(10-8-18)25(26,27)28/h3-10,13,15,20,30H,1-2,11-12,14H2,(H,29,31,32). The van der Waals surface area contributed by atoms with Gasteiger partial charge in [-0.15, -0.1) is 0 Å². The highest BCUT2D eigenvalue weighted by Gasteiger charge is 2.30. The summed E-state index contributed by atoms with van der Waals surface area (Å²) in [6.07, 6.45) is 1.60. The van der Waals surface area contributed by atoms with Crippen molar-refractivity contribution in [1.82, 2.24) is 9.97 Å². The minimum atomic E-state index is -4.38. The lowest BCUT2D eigenvalue weighted by molar-refractivity contribution is -0.137. The van der Waals surface area contributed by atoms with Gasteiger partial charge in [0.1, 0.15) is 0 Å². The van der Waals surface area contributed by atoms with Gasteiger partial charge in [-0.2, -0.15) is 13.2 Å². The van der Waals surface area contributed by atoms with Gasteiger partial charge in [-0.25, -0.2) is 9.97 Å². The molecule has 1 aliphatic carbocycles. The van der Waals surface area contributed by atoms with Crippen LogP contribution in [0, 0.1) is 0 Å². The Morgan fingerprint density at radius 3 is 2.53 bits per heavy atom. The quantitative estimate of drug-likeness (QED) is 0.399. The number of aromatic nitrogens is 2. The molecule has 4 nitrogen and oxygen atoms in total. The van der Waals surface area contributed by atoms with E-state index in [-0.39, 0.29) is 0 Å². The summed E-state index contributed by atoms with van der Waals surface area (Å²) >= 11 is 0. The lowest BCUT2D eigenvalue weighted by Gasteiger charge is -2.14. The van der Waals surface area contributed by atoms with E-state index in [0.717, 1.165) is 41.9 Å². The molecule has 32 heavy (non-hydrogen) atoms. The Labute approximate surface area is 184 Å². The Hall–Kier alpha value is -3.61. The van der Waals surface area contributed by atoms with E-state index in [4.69, 9.17) is 4.98 Å². The molecule has 0 bridgehead atoms. The molecule has 0 saturated heterocycles. The minimum absolute atomic E-state index is 0.386. The zero-order valence-electron chi connectivity index (χ0n) is 17.4. The Kier molecular flexibility index (Phi) is 5.99. The van der Waals surface area contributed by atoms with Crippen LogP contribution in [-0.4, -0.2) is 16.0 Å². The van der Waals surface area contributed by atoms with E-state index >= 15 is 0 Å². The molecule has 0 unspecified atom stereocenters. The average Bonchev–Trinajstić information content (AvgIpc) is 3.58.